The van der Waals surface area contributed by atoms with Crippen LogP contribution in [-0.2, 0) is 0 Å². The van der Waals surface area contributed by atoms with Gasteiger partial charge in [0.15, 0.2) is 5.82 Å². The van der Waals surface area contributed by atoms with Crippen LogP contribution in [-0.4, -0.2) is 23.1 Å². The normalized spacial score (nSPS) is 16.2. The number of fused-ring (bicyclic) bond motifs is 1. The topological polar surface area (TPSA) is 45.6 Å². The van der Waals surface area contributed by atoms with Gasteiger partial charge < -0.3 is 17.3 Å². The summed E-state index contributed by atoms with van der Waals surface area (Å²) < 4.78 is 0. The van der Waals surface area contributed by atoms with Crippen LogP contribution < -0.4 is 22.6 Å². The van der Waals surface area contributed by atoms with E-state index in [0.717, 1.165) is 30.4 Å². The van der Waals surface area contributed by atoms with Crippen molar-refractivity contribution in [1.29, 1.82) is 0 Å². The van der Waals surface area contributed by atoms with Gasteiger partial charge in [-0.1, -0.05) is 18.2 Å². The van der Waals surface area contributed by atoms with Crippen LogP contribution in [0.3, 0.4) is 0 Å². The molecule has 3 heterocycles. The van der Waals surface area contributed by atoms with Crippen LogP contribution in [0.5, 0.6) is 0 Å². The van der Waals surface area contributed by atoms with Crippen molar-refractivity contribution < 1.29 is 17.7 Å². The second-order valence-corrected chi connectivity index (χ2v) is 5.70. The number of rotatable bonds is 2. The van der Waals surface area contributed by atoms with Crippen LogP contribution in [0.2, 0.25) is 0 Å². The van der Waals surface area contributed by atoms with Crippen molar-refractivity contribution in [2.75, 3.05) is 18.0 Å². The van der Waals surface area contributed by atoms with Gasteiger partial charge in [-0.3, -0.25) is 5.32 Å². The summed E-state index contributed by atoms with van der Waals surface area (Å²) in [6, 6.07) is 10.5. The molecule has 1 saturated heterocycles. The maximum atomic E-state index is 4.71. The Kier molecular flexibility index (Phi) is 4.14. The molecule has 2 aliphatic rings. The molecule has 114 valence electrons. The monoisotopic (exact) mass is 314 g/mol. The van der Waals surface area contributed by atoms with E-state index in [4.69, 9.17) is 4.98 Å². The SMILES string of the molecule is Cc1nc2c(c(N3CCCC3)n1)[NH2+]C(c1ccccc1)=C2.[Cl-]. The van der Waals surface area contributed by atoms with Crippen molar-refractivity contribution in [2.45, 2.75) is 19.8 Å². The summed E-state index contributed by atoms with van der Waals surface area (Å²) in [6.45, 7) is 4.20. The van der Waals surface area contributed by atoms with E-state index in [-0.39, 0.29) is 12.4 Å². The van der Waals surface area contributed by atoms with Gasteiger partial charge in [0.2, 0.25) is 5.69 Å². The van der Waals surface area contributed by atoms with Crippen LogP contribution in [0.25, 0.3) is 11.8 Å². The highest BCUT2D eigenvalue weighted by atomic mass is 35.5. The molecule has 1 aromatic carbocycles. The van der Waals surface area contributed by atoms with Crippen molar-refractivity contribution in [3.8, 4) is 0 Å². The van der Waals surface area contributed by atoms with E-state index < -0.39 is 0 Å². The molecule has 0 unspecified atom stereocenters. The van der Waals surface area contributed by atoms with Crippen molar-refractivity contribution >= 4 is 23.3 Å². The van der Waals surface area contributed by atoms with Crippen LogP contribution in [0.15, 0.2) is 30.3 Å². The number of anilines is 1. The molecule has 2 aromatic rings. The molecular weight excluding hydrogens is 296 g/mol. The highest BCUT2D eigenvalue weighted by molar-refractivity contribution is 5.86. The second-order valence-electron chi connectivity index (χ2n) is 5.70. The number of nitrogens with two attached hydrogens (primary N) is 1. The number of quaternary nitrogens is 1. The first-order valence-corrected chi connectivity index (χ1v) is 7.57. The van der Waals surface area contributed by atoms with Crippen LogP contribution in [0, 0.1) is 6.92 Å². The van der Waals surface area contributed by atoms with Crippen molar-refractivity contribution in [2.24, 2.45) is 0 Å². The molecule has 0 saturated carbocycles. The Balaban J connectivity index is 0.00000144. The highest BCUT2D eigenvalue weighted by Gasteiger charge is 2.29. The Hall–Kier alpha value is -1.91. The Morgan fingerprint density at radius 1 is 1.05 bits per heavy atom. The molecular formula is C17H19ClN4. The molecule has 0 bridgehead atoms. The molecule has 2 N–H and O–H groups in total. The van der Waals surface area contributed by atoms with E-state index in [1.807, 2.05) is 13.0 Å². The molecule has 22 heavy (non-hydrogen) atoms. The molecule has 4 nitrogen and oxygen atoms in total. The predicted molar refractivity (Wildman–Crippen MR) is 84.1 cm³/mol. The van der Waals surface area contributed by atoms with E-state index in [9.17, 15) is 0 Å². The molecule has 0 atom stereocenters. The third kappa shape index (κ3) is 2.60. The van der Waals surface area contributed by atoms with Gasteiger partial charge >= 0.3 is 0 Å². The number of benzene rings is 1. The number of aryl methyl sites for hydroxylation is 1. The zero-order chi connectivity index (χ0) is 14.2. The van der Waals surface area contributed by atoms with Gasteiger partial charge in [0, 0.05) is 24.7 Å². The molecule has 0 aliphatic carbocycles. The molecule has 0 radical (unpaired) electrons. The minimum Gasteiger partial charge on any atom is -1.00 e. The van der Waals surface area contributed by atoms with Gasteiger partial charge in [-0.05, 0) is 31.9 Å². The summed E-state index contributed by atoms with van der Waals surface area (Å²) in [6.07, 6.45) is 4.70. The smallest absolute Gasteiger partial charge is 0.203 e. The maximum Gasteiger partial charge on any atom is 0.203 e. The fourth-order valence-electron chi connectivity index (χ4n) is 3.15. The lowest BCUT2D eigenvalue weighted by Gasteiger charge is -2.17. The lowest BCUT2D eigenvalue weighted by Crippen LogP contribution is -3.00. The first-order chi connectivity index (χ1) is 10.3. The van der Waals surface area contributed by atoms with E-state index in [1.165, 1.54) is 29.8 Å². The summed E-state index contributed by atoms with van der Waals surface area (Å²) >= 11 is 0. The van der Waals surface area contributed by atoms with Crippen molar-refractivity contribution in [3.63, 3.8) is 0 Å². The zero-order valence-electron chi connectivity index (χ0n) is 12.6. The van der Waals surface area contributed by atoms with E-state index in [2.05, 4.69) is 45.5 Å². The minimum absolute atomic E-state index is 0. The first kappa shape index (κ1) is 15.0. The quantitative estimate of drug-likeness (QED) is 0.781. The second kappa shape index (κ2) is 6.07. The lowest BCUT2D eigenvalue weighted by molar-refractivity contribution is -0.464. The standard InChI is InChI=1S/C17H18N4.ClH/c1-12-18-15-11-14(13-7-3-2-4-8-13)20-16(15)17(19-12)21-9-5-6-10-21;/h2-4,7-8,11,20H,5-6,9-10H2,1H3;1H. The molecule has 2 aliphatic heterocycles. The van der Waals surface area contributed by atoms with Crippen molar-refractivity contribution in [1.82, 2.24) is 9.97 Å². The Morgan fingerprint density at radius 2 is 1.77 bits per heavy atom. The van der Waals surface area contributed by atoms with Gasteiger partial charge in [-0.25, -0.2) is 9.97 Å². The van der Waals surface area contributed by atoms with E-state index in [1.54, 1.807) is 0 Å². The van der Waals surface area contributed by atoms with Crippen LogP contribution >= 0.6 is 0 Å². The number of hydrogen-bond donors (Lipinski definition) is 1. The molecule has 1 aromatic heterocycles. The molecule has 5 heteroatoms. The van der Waals surface area contributed by atoms with Gasteiger partial charge in [-0.15, -0.1) is 0 Å². The Morgan fingerprint density at radius 3 is 2.50 bits per heavy atom. The Labute approximate surface area is 136 Å². The number of nitrogens with zero attached hydrogens (tertiary/aromatic N) is 3. The molecule has 1 fully saturated rings. The van der Waals surface area contributed by atoms with Crippen LogP contribution in [0.4, 0.5) is 11.5 Å². The predicted octanol–water partition coefficient (Wildman–Crippen LogP) is -0.904. The number of aromatic nitrogens is 2. The summed E-state index contributed by atoms with van der Waals surface area (Å²) in [4.78, 5) is 11.7. The molecule has 0 spiro atoms. The van der Waals surface area contributed by atoms with Gasteiger partial charge in [0.1, 0.15) is 17.2 Å². The van der Waals surface area contributed by atoms with Crippen molar-refractivity contribution in [3.05, 3.63) is 47.4 Å². The average molecular weight is 315 g/mol. The van der Waals surface area contributed by atoms with E-state index >= 15 is 0 Å². The molecule has 0 amide bonds. The highest BCUT2D eigenvalue weighted by Crippen LogP contribution is 2.31. The maximum absolute atomic E-state index is 4.71. The lowest BCUT2D eigenvalue weighted by atomic mass is 10.1. The summed E-state index contributed by atoms with van der Waals surface area (Å²) in [5.74, 6) is 1.96. The van der Waals surface area contributed by atoms with Gasteiger partial charge in [-0.2, -0.15) is 0 Å². The fraction of sp³-hybridized carbons (Fsp3) is 0.294. The fourth-order valence-corrected chi connectivity index (χ4v) is 3.15. The average Bonchev–Trinajstić information content (AvgIpc) is 3.16. The van der Waals surface area contributed by atoms with Gasteiger partial charge in [0.05, 0.1) is 0 Å². The first-order valence-electron chi connectivity index (χ1n) is 7.57. The largest absolute Gasteiger partial charge is 1.00 e. The zero-order valence-corrected chi connectivity index (χ0v) is 13.3. The third-order valence-electron chi connectivity index (χ3n) is 4.17. The number of hydrogen-bond acceptors (Lipinski definition) is 3. The van der Waals surface area contributed by atoms with E-state index in [0.29, 0.717) is 0 Å². The Bertz CT molecular complexity index is 706. The summed E-state index contributed by atoms with van der Waals surface area (Å²) in [5, 5.41) is 2.23. The van der Waals surface area contributed by atoms with Crippen LogP contribution in [0.1, 0.15) is 29.9 Å². The third-order valence-corrected chi connectivity index (χ3v) is 4.17. The number of halogens is 1. The minimum atomic E-state index is 0. The molecule has 4 rings (SSSR count). The van der Waals surface area contributed by atoms with Gasteiger partial charge in [0.25, 0.3) is 0 Å². The summed E-state index contributed by atoms with van der Waals surface area (Å²) in [7, 11) is 0. The summed E-state index contributed by atoms with van der Waals surface area (Å²) in [5.41, 5.74) is 4.70.